The summed E-state index contributed by atoms with van der Waals surface area (Å²) in [6, 6.07) is -0.794. The van der Waals surface area contributed by atoms with Crippen molar-refractivity contribution in [3.05, 3.63) is 12.2 Å². The zero-order chi connectivity index (χ0) is 43.0. The van der Waals surface area contributed by atoms with Crippen LogP contribution in [0.5, 0.6) is 0 Å². The van der Waals surface area contributed by atoms with E-state index in [-0.39, 0.29) is 6.61 Å². The summed E-state index contributed by atoms with van der Waals surface area (Å²) in [5.74, 6) is -0.496. The highest BCUT2D eigenvalue weighted by Crippen LogP contribution is 2.18. The molecule has 59 heavy (non-hydrogen) atoms. The average molecular weight is 834 g/mol. The van der Waals surface area contributed by atoms with Crippen LogP contribution in [0.25, 0.3) is 0 Å². The van der Waals surface area contributed by atoms with Crippen molar-refractivity contribution in [1.29, 1.82) is 0 Å². The fraction of sp³-hybridized carbons (Fsp3) is 0.944. The maximum absolute atomic E-state index is 12.5. The molecule has 0 saturated heterocycles. The number of hydrogen-bond donors (Lipinski definition) is 4. The van der Waals surface area contributed by atoms with Crippen LogP contribution in [0.2, 0.25) is 0 Å². The van der Waals surface area contributed by atoms with Crippen molar-refractivity contribution in [1.82, 2.24) is 5.32 Å². The molecule has 0 aliphatic heterocycles. The third-order valence-electron chi connectivity index (χ3n) is 12.9. The van der Waals surface area contributed by atoms with Crippen LogP contribution < -0.4 is 5.32 Å². The lowest BCUT2D eigenvalue weighted by atomic mass is 10.0. The topological polar surface area (TPSA) is 89.8 Å². The Bertz CT molecular complexity index is 833. The number of aliphatic hydroxyl groups excluding tert-OH is 3. The lowest BCUT2D eigenvalue weighted by molar-refractivity contribution is -0.131. The molecule has 0 saturated carbocycles. The van der Waals surface area contributed by atoms with Crippen LogP contribution in [0.1, 0.15) is 303 Å². The fourth-order valence-electron chi connectivity index (χ4n) is 8.66. The van der Waals surface area contributed by atoms with E-state index in [1.807, 2.05) is 6.08 Å². The van der Waals surface area contributed by atoms with Gasteiger partial charge in [-0.05, 0) is 19.3 Å². The normalized spacial score (nSPS) is 13.4. The Balaban J connectivity index is 3.54. The molecule has 3 unspecified atom stereocenters. The number of unbranched alkanes of at least 4 members (excludes halogenated alkanes) is 42. The van der Waals surface area contributed by atoms with E-state index in [0.29, 0.717) is 6.42 Å². The molecule has 0 aromatic carbocycles. The molecule has 3 atom stereocenters. The highest BCUT2D eigenvalue weighted by molar-refractivity contribution is 5.80. The molecule has 0 aromatic rings. The molecule has 0 aliphatic rings. The third kappa shape index (κ3) is 44.9. The van der Waals surface area contributed by atoms with Crippen LogP contribution in [0.3, 0.4) is 0 Å². The minimum Gasteiger partial charge on any atom is -0.394 e. The van der Waals surface area contributed by atoms with Crippen molar-refractivity contribution in [3.63, 3.8) is 0 Å². The quantitative estimate of drug-likeness (QED) is 0.0363. The minimum atomic E-state index is -1.09. The Labute approximate surface area is 369 Å². The van der Waals surface area contributed by atoms with E-state index in [0.717, 1.165) is 32.1 Å². The van der Waals surface area contributed by atoms with E-state index in [1.54, 1.807) is 6.08 Å². The first-order valence-corrected chi connectivity index (χ1v) is 27.0. The second-order valence-electron chi connectivity index (χ2n) is 18.8. The largest absolute Gasteiger partial charge is 0.394 e. The smallest absolute Gasteiger partial charge is 0.249 e. The van der Waals surface area contributed by atoms with E-state index in [2.05, 4.69) is 19.2 Å². The second kappa shape index (κ2) is 49.7. The molecule has 5 nitrogen and oxygen atoms in total. The van der Waals surface area contributed by atoms with Gasteiger partial charge in [0.2, 0.25) is 5.91 Å². The van der Waals surface area contributed by atoms with Gasteiger partial charge in [-0.2, -0.15) is 0 Å². The summed E-state index contributed by atoms with van der Waals surface area (Å²) >= 11 is 0. The summed E-state index contributed by atoms with van der Waals surface area (Å²) < 4.78 is 0. The van der Waals surface area contributed by atoms with Gasteiger partial charge in [0.05, 0.1) is 18.8 Å². The molecule has 0 rings (SSSR count). The van der Waals surface area contributed by atoms with E-state index < -0.39 is 24.2 Å². The van der Waals surface area contributed by atoms with Crippen LogP contribution in [-0.4, -0.2) is 46.1 Å². The van der Waals surface area contributed by atoms with E-state index >= 15 is 0 Å². The van der Waals surface area contributed by atoms with Gasteiger partial charge < -0.3 is 20.6 Å². The maximum atomic E-state index is 12.5. The van der Waals surface area contributed by atoms with Crippen molar-refractivity contribution >= 4 is 5.91 Å². The van der Waals surface area contributed by atoms with Gasteiger partial charge in [-0.15, -0.1) is 0 Å². The summed E-state index contributed by atoms with van der Waals surface area (Å²) in [6.45, 7) is 4.22. The third-order valence-corrected chi connectivity index (χ3v) is 12.9. The van der Waals surface area contributed by atoms with Crippen molar-refractivity contribution in [2.24, 2.45) is 0 Å². The van der Waals surface area contributed by atoms with Gasteiger partial charge in [-0.1, -0.05) is 296 Å². The predicted molar refractivity (Wildman–Crippen MR) is 259 cm³/mol. The number of allylic oxidation sites excluding steroid dienone is 1. The van der Waals surface area contributed by atoms with Crippen molar-refractivity contribution in [2.75, 3.05) is 6.61 Å². The maximum Gasteiger partial charge on any atom is 0.249 e. The Morgan fingerprint density at radius 3 is 0.932 bits per heavy atom. The standard InChI is InChI=1S/C54H107NO4/c1-3-5-7-9-11-13-15-17-19-21-23-24-25-26-27-28-29-31-33-35-37-39-41-43-45-47-49-53(58)54(59)55-51(50-56)52(57)48-46-44-42-40-38-36-34-32-30-22-20-18-16-14-12-10-8-6-4-2/h46,48,51-53,56-58H,3-45,47,49-50H2,1-2H3,(H,55,59)/b48-46+. The molecule has 0 bridgehead atoms. The molecule has 0 radical (unpaired) electrons. The number of aliphatic hydroxyl groups is 3. The van der Waals surface area contributed by atoms with Crippen molar-refractivity contribution < 1.29 is 20.1 Å². The van der Waals surface area contributed by atoms with Gasteiger partial charge in [0.15, 0.2) is 0 Å². The van der Waals surface area contributed by atoms with Crippen molar-refractivity contribution in [2.45, 2.75) is 321 Å². The van der Waals surface area contributed by atoms with Gasteiger partial charge in [0.1, 0.15) is 6.10 Å². The zero-order valence-electron chi connectivity index (χ0n) is 40.2. The summed E-state index contributed by atoms with van der Waals surface area (Å²) in [5.41, 5.74) is 0. The lowest BCUT2D eigenvalue weighted by Gasteiger charge is -2.21. The number of hydrogen-bond acceptors (Lipinski definition) is 4. The second-order valence-corrected chi connectivity index (χ2v) is 18.8. The van der Waals surface area contributed by atoms with Crippen LogP contribution in [0.15, 0.2) is 12.2 Å². The molecule has 0 aromatic heterocycles. The Morgan fingerprint density at radius 2 is 0.661 bits per heavy atom. The highest BCUT2D eigenvalue weighted by atomic mass is 16.3. The number of carbonyl (C=O) groups excluding carboxylic acids is 1. The van der Waals surface area contributed by atoms with Gasteiger partial charge in [0.25, 0.3) is 0 Å². The van der Waals surface area contributed by atoms with Gasteiger partial charge in [-0.25, -0.2) is 0 Å². The number of amides is 1. The Morgan fingerprint density at radius 1 is 0.407 bits per heavy atom. The number of rotatable bonds is 50. The van der Waals surface area contributed by atoms with Crippen LogP contribution in [0.4, 0.5) is 0 Å². The molecule has 352 valence electrons. The SMILES string of the molecule is CCCCCCCCCCCCCCCCCCC/C=C/C(O)C(CO)NC(=O)C(O)CCCCCCCCCCCCCCCCCCCCCCCCCCCC. The van der Waals surface area contributed by atoms with Crippen LogP contribution >= 0.6 is 0 Å². The molecular weight excluding hydrogens is 727 g/mol. The molecule has 5 heteroatoms. The molecule has 4 N–H and O–H groups in total. The first kappa shape index (κ1) is 58.1. The highest BCUT2D eigenvalue weighted by Gasteiger charge is 2.22. The molecule has 0 heterocycles. The molecular formula is C54H107NO4. The van der Waals surface area contributed by atoms with Gasteiger partial charge >= 0.3 is 0 Å². The van der Waals surface area contributed by atoms with E-state index in [9.17, 15) is 20.1 Å². The Kier molecular flexibility index (Phi) is 49.0. The number of carbonyl (C=O) groups is 1. The lowest BCUT2D eigenvalue weighted by Crippen LogP contribution is -2.48. The zero-order valence-corrected chi connectivity index (χ0v) is 40.2. The summed E-state index contributed by atoms with van der Waals surface area (Å²) in [6.07, 6.45) is 61.4. The van der Waals surface area contributed by atoms with Gasteiger partial charge in [-0.3, -0.25) is 4.79 Å². The fourth-order valence-corrected chi connectivity index (χ4v) is 8.66. The first-order valence-electron chi connectivity index (χ1n) is 27.0. The first-order chi connectivity index (χ1) is 29.1. The van der Waals surface area contributed by atoms with Crippen LogP contribution in [0, 0.1) is 0 Å². The summed E-state index contributed by atoms with van der Waals surface area (Å²) in [5, 5.41) is 33.3. The minimum absolute atomic E-state index is 0.359. The molecule has 0 spiro atoms. The van der Waals surface area contributed by atoms with Crippen molar-refractivity contribution in [3.8, 4) is 0 Å². The predicted octanol–water partition coefficient (Wildman–Crippen LogP) is 16.3. The molecule has 0 fully saturated rings. The summed E-state index contributed by atoms with van der Waals surface area (Å²) in [7, 11) is 0. The summed E-state index contributed by atoms with van der Waals surface area (Å²) in [4.78, 5) is 12.5. The Hall–Kier alpha value is -0.910. The van der Waals surface area contributed by atoms with E-state index in [1.165, 1.54) is 250 Å². The molecule has 0 aliphatic carbocycles. The molecule has 1 amide bonds. The average Bonchev–Trinajstić information content (AvgIpc) is 3.24. The van der Waals surface area contributed by atoms with Gasteiger partial charge in [0, 0.05) is 0 Å². The van der Waals surface area contributed by atoms with E-state index in [4.69, 9.17) is 0 Å². The monoisotopic (exact) mass is 834 g/mol. The number of nitrogens with one attached hydrogen (secondary N) is 1. The van der Waals surface area contributed by atoms with Crippen LogP contribution in [-0.2, 0) is 4.79 Å².